The first-order chi connectivity index (χ1) is 16.7. The molecule has 5 atom stereocenters. The van der Waals surface area contributed by atoms with Crippen LogP contribution in [0.25, 0.3) is 0 Å². The minimum absolute atomic E-state index is 0.138. The number of esters is 3. The van der Waals surface area contributed by atoms with Crippen molar-refractivity contribution in [3.8, 4) is 0 Å². The molecule has 0 saturated carbocycles. The van der Waals surface area contributed by atoms with E-state index >= 15 is 0 Å². The van der Waals surface area contributed by atoms with Gasteiger partial charge in [0.1, 0.15) is 24.2 Å². The topological polar surface area (TPSA) is 146 Å². The SMILES string of the molecule is CC(=O)NC1[C@@H](OC(C)=O)[C@@H](OC(C)=O)C(COC(C)=O)O[C@H]1SCCCCCNC(=O)C(F)(F)F. The normalized spacial score (nSPS) is 23.8. The fourth-order valence-corrected chi connectivity index (χ4v) is 4.59. The van der Waals surface area contributed by atoms with E-state index < -0.39 is 65.7 Å². The van der Waals surface area contributed by atoms with Crippen molar-refractivity contribution in [3.05, 3.63) is 0 Å². The van der Waals surface area contributed by atoms with Gasteiger partial charge >= 0.3 is 30.0 Å². The molecule has 1 fully saturated rings. The van der Waals surface area contributed by atoms with Gasteiger partial charge in [0.2, 0.25) is 5.91 Å². The summed E-state index contributed by atoms with van der Waals surface area (Å²) >= 11 is 1.23. The van der Waals surface area contributed by atoms with Crippen LogP contribution in [0.5, 0.6) is 0 Å². The van der Waals surface area contributed by atoms with Crippen LogP contribution < -0.4 is 10.6 Å². The van der Waals surface area contributed by atoms with E-state index in [4.69, 9.17) is 18.9 Å². The lowest BCUT2D eigenvalue weighted by atomic mass is 9.97. The summed E-state index contributed by atoms with van der Waals surface area (Å²) in [6.45, 7) is 4.25. The molecule has 15 heteroatoms. The minimum atomic E-state index is -4.93. The zero-order valence-electron chi connectivity index (χ0n) is 20.3. The first kappa shape index (κ1) is 31.5. The molecule has 0 aliphatic carbocycles. The van der Waals surface area contributed by atoms with Gasteiger partial charge < -0.3 is 29.6 Å². The molecule has 1 aliphatic heterocycles. The Morgan fingerprint density at radius 1 is 0.889 bits per heavy atom. The van der Waals surface area contributed by atoms with Gasteiger partial charge in [-0.15, -0.1) is 11.8 Å². The van der Waals surface area contributed by atoms with Crippen molar-refractivity contribution in [2.75, 3.05) is 18.9 Å². The summed E-state index contributed by atoms with van der Waals surface area (Å²) in [5.74, 6) is -4.06. The lowest BCUT2D eigenvalue weighted by Crippen LogP contribution is -2.65. The molecule has 36 heavy (non-hydrogen) atoms. The Bertz CT molecular complexity index is 797. The van der Waals surface area contributed by atoms with Gasteiger partial charge in [0.25, 0.3) is 0 Å². The van der Waals surface area contributed by atoms with Crippen LogP contribution in [0.4, 0.5) is 13.2 Å². The summed E-state index contributed by atoms with van der Waals surface area (Å²) < 4.78 is 58.3. The Labute approximate surface area is 210 Å². The average Bonchev–Trinajstić information content (AvgIpc) is 2.73. The van der Waals surface area contributed by atoms with E-state index in [1.165, 1.54) is 25.6 Å². The molecule has 2 unspecified atom stereocenters. The van der Waals surface area contributed by atoms with E-state index in [9.17, 15) is 37.1 Å². The second-order valence-electron chi connectivity index (χ2n) is 7.91. The highest BCUT2D eigenvalue weighted by Crippen LogP contribution is 2.33. The Morgan fingerprint density at radius 3 is 2.03 bits per heavy atom. The molecular formula is C21H31F3N2O9S. The molecule has 0 aromatic heterocycles. The van der Waals surface area contributed by atoms with Crippen molar-refractivity contribution in [2.45, 2.75) is 82.9 Å². The second-order valence-corrected chi connectivity index (χ2v) is 9.11. The fraction of sp³-hybridized carbons (Fsp3) is 0.762. The Morgan fingerprint density at radius 2 is 1.50 bits per heavy atom. The monoisotopic (exact) mass is 544 g/mol. The van der Waals surface area contributed by atoms with Crippen molar-refractivity contribution in [1.82, 2.24) is 10.6 Å². The van der Waals surface area contributed by atoms with E-state index in [0.717, 1.165) is 13.8 Å². The van der Waals surface area contributed by atoms with Gasteiger partial charge in [-0.1, -0.05) is 6.42 Å². The number of unbranched alkanes of at least 4 members (excludes halogenated alkanes) is 2. The lowest BCUT2D eigenvalue weighted by Gasteiger charge is -2.45. The Kier molecular flexibility index (Phi) is 13.0. The van der Waals surface area contributed by atoms with Crippen LogP contribution >= 0.6 is 11.8 Å². The first-order valence-corrected chi connectivity index (χ1v) is 12.1. The summed E-state index contributed by atoms with van der Waals surface area (Å²) in [5.41, 5.74) is -0.810. The fourth-order valence-electron chi connectivity index (χ4n) is 3.34. The predicted octanol–water partition coefficient (Wildman–Crippen LogP) is 1.22. The van der Waals surface area contributed by atoms with E-state index in [0.29, 0.717) is 25.0 Å². The van der Waals surface area contributed by atoms with Gasteiger partial charge in [-0.3, -0.25) is 24.0 Å². The maximum absolute atomic E-state index is 12.2. The number of nitrogens with one attached hydrogen (secondary N) is 2. The van der Waals surface area contributed by atoms with Crippen LogP contribution in [-0.4, -0.2) is 84.6 Å². The number of carbonyl (C=O) groups is 5. The molecule has 0 aromatic carbocycles. The van der Waals surface area contributed by atoms with Gasteiger partial charge in [-0.2, -0.15) is 13.2 Å². The van der Waals surface area contributed by atoms with Crippen molar-refractivity contribution >= 4 is 41.5 Å². The minimum Gasteiger partial charge on any atom is -0.463 e. The van der Waals surface area contributed by atoms with Crippen molar-refractivity contribution in [1.29, 1.82) is 0 Å². The number of rotatable bonds is 12. The molecule has 1 saturated heterocycles. The third-order valence-electron chi connectivity index (χ3n) is 4.72. The van der Waals surface area contributed by atoms with Crippen molar-refractivity contribution < 1.29 is 56.1 Å². The number of thioether (sulfide) groups is 1. The molecule has 1 rings (SSSR count). The molecule has 2 N–H and O–H groups in total. The highest BCUT2D eigenvalue weighted by molar-refractivity contribution is 7.99. The summed E-state index contributed by atoms with van der Waals surface area (Å²) in [5, 5.41) is 4.44. The third kappa shape index (κ3) is 11.5. The highest BCUT2D eigenvalue weighted by atomic mass is 32.2. The maximum Gasteiger partial charge on any atom is 0.471 e. The average molecular weight is 545 g/mol. The molecule has 0 aromatic rings. The largest absolute Gasteiger partial charge is 0.471 e. The molecule has 1 heterocycles. The molecule has 0 bridgehead atoms. The number of hydrogen-bond acceptors (Lipinski definition) is 10. The molecule has 11 nitrogen and oxygen atoms in total. The number of ether oxygens (including phenoxy) is 4. The van der Waals surface area contributed by atoms with Crippen LogP contribution in [0, 0.1) is 0 Å². The van der Waals surface area contributed by atoms with Crippen LogP contribution in [0.15, 0.2) is 0 Å². The molecule has 206 valence electrons. The quantitative estimate of drug-likeness (QED) is 0.209. The van der Waals surface area contributed by atoms with Gasteiger partial charge in [-0.25, -0.2) is 0 Å². The Hall–Kier alpha value is -2.55. The van der Waals surface area contributed by atoms with E-state index in [-0.39, 0.29) is 13.2 Å². The molecular weight excluding hydrogens is 513 g/mol. The van der Waals surface area contributed by atoms with E-state index in [2.05, 4.69) is 5.32 Å². The zero-order chi connectivity index (χ0) is 27.5. The van der Waals surface area contributed by atoms with Crippen LogP contribution in [0.3, 0.4) is 0 Å². The van der Waals surface area contributed by atoms with Gasteiger partial charge in [0.15, 0.2) is 12.2 Å². The maximum atomic E-state index is 12.2. The number of alkyl halides is 3. The summed E-state index contributed by atoms with van der Waals surface area (Å²) in [6.07, 6.45) is -6.96. The second kappa shape index (κ2) is 14.9. The molecule has 2 amide bonds. The summed E-state index contributed by atoms with van der Waals surface area (Å²) in [7, 11) is 0. The van der Waals surface area contributed by atoms with Crippen LogP contribution in [0.1, 0.15) is 47.0 Å². The van der Waals surface area contributed by atoms with Crippen molar-refractivity contribution in [2.24, 2.45) is 0 Å². The number of amides is 2. The molecule has 0 radical (unpaired) electrons. The van der Waals surface area contributed by atoms with Gasteiger partial charge in [-0.05, 0) is 18.6 Å². The number of carbonyl (C=O) groups excluding carboxylic acids is 5. The summed E-state index contributed by atoms with van der Waals surface area (Å²) in [6, 6.07) is -0.930. The van der Waals surface area contributed by atoms with E-state index in [1.807, 2.05) is 0 Å². The van der Waals surface area contributed by atoms with Crippen LogP contribution in [-0.2, 0) is 42.9 Å². The number of halogens is 3. The van der Waals surface area contributed by atoms with Gasteiger partial charge in [0, 0.05) is 34.2 Å². The van der Waals surface area contributed by atoms with Gasteiger partial charge in [0.05, 0.1) is 0 Å². The third-order valence-corrected chi connectivity index (χ3v) is 5.97. The molecule has 1 aliphatic rings. The highest BCUT2D eigenvalue weighted by Gasteiger charge is 2.50. The first-order valence-electron chi connectivity index (χ1n) is 11.1. The van der Waals surface area contributed by atoms with Crippen LogP contribution in [0.2, 0.25) is 0 Å². The number of hydrogen-bond donors (Lipinski definition) is 2. The zero-order valence-corrected chi connectivity index (χ0v) is 21.2. The standard InChI is InChI=1S/C21H31F3N2O9S/c1-11(27)26-16-18(34-14(4)30)17(33-13(3)29)15(10-32-12(2)28)35-19(16)36-9-7-5-6-8-25-20(31)21(22,23)24/h15-19H,5-10H2,1-4H3,(H,25,31)(H,26,27)/t15?,16?,17-,18+,19-/m0/s1. The smallest absolute Gasteiger partial charge is 0.463 e. The van der Waals surface area contributed by atoms with Crippen molar-refractivity contribution in [3.63, 3.8) is 0 Å². The van der Waals surface area contributed by atoms with E-state index in [1.54, 1.807) is 5.32 Å². The summed E-state index contributed by atoms with van der Waals surface area (Å²) in [4.78, 5) is 57.6. The predicted molar refractivity (Wildman–Crippen MR) is 119 cm³/mol. The Balaban J connectivity index is 2.89. The lowest BCUT2D eigenvalue weighted by molar-refractivity contribution is -0.211. The molecule has 0 spiro atoms.